The lowest BCUT2D eigenvalue weighted by Gasteiger charge is -2.19. The quantitative estimate of drug-likeness (QED) is 0.413. The summed E-state index contributed by atoms with van der Waals surface area (Å²) in [6.07, 6.45) is 1.83. The van der Waals surface area contributed by atoms with Crippen LogP contribution in [0.2, 0.25) is 0 Å². The van der Waals surface area contributed by atoms with Crippen LogP contribution < -0.4 is 15.9 Å². The first kappa shape index (κ1) is 14.4. The van der Waals surface area contributed by atoms with E-state index in [-0.39, 0.29) is 0 Å². The predicted molar refractivity (Wildman–Crippen MR) is 93.3 cm³/mol. The van der Waals surface area contributed by atoms with Crippen LogP contribution in [0, 0.1) is 0 Å². The Kier molecular flexibility index (Phi) is 4.25. The lowest BCUT2D eigenvalue weighted by atomic mass is 10.4. The molecule has 0 atom stereocenters. The fourth-order valence-corrected chi connectivity index (χ4v) is 5.79. The molecule has 0 aliphatic heterocycles. The Hall–Kier alpha value is -2.53. The summed E-state index contributed by atoms with van der Waals surface area (Å²) in [7, 11) is -2.35. The zero-order valence-electron chi connectivity index (χ0n) is 12.0. The fourth-order valence-electron chi connectivity index (χ4n) is 2.61. The van der Waals surface area contributed by atoms with Crippen molar-refractivity contribution >= 4 is 29.4 Å². The van der Waals surface area contributed by atoms with Crippen molar-refractivity contribution in [2.45, 2.75) is 0 Å². The maximum atomic E-state index is 11.3. The van der Waals surface area contributed by atoms with Crippen LogP contribution in [0.3, 0.4) is 0 Å². The second-order valence-corrected chi connectivity index (χ2v) is 7.85. The third kappa shape index (κ3) is 2.51. The standard InChI is InChI=1S/C19H15NOP/c21-16-20-22(17-10-4-1-5-11-17,18-12-6-2-7-13-18)19-14-8-3-9-15-19/h1-15H/q+1. The van der Waals surface area contributed by atoms with Gasteiger partial charge in [-0.05, 0) is 41.2 Å². The highest BCUT2D eigenvalue weighted by Gasteiger charge is 2.46. The number of hydrogen-bond acceptors (Lipinski definition) is 2. The van der Waals surface area contributed by atoms with Gasteiger partial charge in [0.15, 0.2) is 0 Å². The van der Waals surface area contributed by atoms with Crippen molar-refractivity contribution in [3.05, 3.63) is 91.0 Å². The predicted octanol–water partition coefficient (Wildman–Crippen LogP) is 3.23. The molecule has 0 heterocycles. The van der Waals surface area contributed by atoms with E-state index in [1.807, 2.05) is 97.1 Å². The summed E-state index contributed by atoms with van der Waals surface area (Å²) in [5, 5.41) is 3.15. The van der Waals surface area contributed by atoms with Gasteiger partial charge < -0.3 is 0 Å². The van der Waals surface area contributed by atoms with Gasteiger partial charge in [0.1, 0.15) is 15.9 Å². The van der Waals surface area contributed by atoms with E-state index in [1.54, 1.807) is 0 Å². The Morgan fingerprint density at radius 3 is 1.18 bits per heavy atom. The zero-order valence-corrected chi connectivity index (χ0v) is 12.9. The van der Waals surface area contributed by atoms with Gasteiger partial charge in [-0.25, -0.2) is 4.79 Å². The molecular formula is C19H15NOP+. The molecule has 0 saturated carbocycles. The number of carbonyl (C=O) groups excluding carboxylic acids is 1. The minimum absolute atomic E-state index is 1.05. The van der Waals surface area contributed by atoms with E-state index in [0.717, 1.165) is 15.9 Å². The summed E-state index contributed by atoms with van der Waals surface area (Å²) < 4.78 is 4.37. The molecule has 0 saturated heterocycles. The van der Waals surface area contributed by atoms with Gasteiger partial charge in [0, 0.05) is 0 Å². The van der Waals surface area contributed by atoms with Gasteiger partial charge in [0.05, 0.1) is 0 Å². The molecule has 0 bridgehead atoms. The van der Waals surface area contributed by atoms with Crippen molar-refractivity contribution in [1.82, 2.24) is 0 Å². The van der Waals surface area contributed by atoms with E-state index < -0.39 is 7.41 Å². The van der Waals surface area contributed by atoms with Crippen LogP contribution in [0.1, 0.15) is 0 Å². The van der Waals surface area contributed by atoms with Crippen LogP contribution in [-0.4, -0.2) is 6.08 Å². The summed E-state index contributed by atoms with van der Waals surface area (Å²) in [6, 6.07) is 30.0. The summed E-state index contributed by atoms with van der Waals surface area (Å²) in [5.74, 6) is 0. The van der Waals surface area contributed by atoms with Gasteiger partial charge in [0.2, 0.25) is 7.41 Å². The maximum absolute atomic E-state index is 11.3. The third-order valence-electron chi connectivity index (χ3n) is 3.58. The number of isocyanates is 1. The molecule has 0 aliphatic rings. The molecular weight excluding hydrogens is 289 g/mol. The molecule has 0 N–H and O–H groups in total. The van der Waals surface area contributed by atoms with Crippen molar-refractivity contribution in [3.8, 4) is 0 Å². The van der Waals surface area contributed by atoms with Crippen LogP contribution in [0.5, 0.6) is 0 Å². The highest BCUT2D eigenvalue weighted by Crippen LogP contribution is 2.56. The van der Waals surface area contributed by atoms with E-state index >= 15 is 0 Å². The van der Waals surface area contributed by atoms with Gasteiger partial charge in [-0.3, -0.25) is 0 Å². The topological polar surface area (TPSA) is 29.4 Å². The van der Waals surface area contributed by atoms with E-state index in [4.69, 9.17) is 0 Å². The molecule has 106 valence electrons. The molecule has 3 rings (SSSR count). The maximum Gasteiger partial charge on any atom is 0.276 e. The van der Waals surface area contributed by atoms with Gasteiger partial charge in [-0.15, -0.1) is 0 Å². The summed E-state index contributed by atoms with van der Waals surface area (Å²) >= 11 is 0. The van der Waals surface area contributed by atoms with Crippen molar-refractivity contribution < 1.29 is 4.79 Å². The second kappa shape index (κ2) is 6.49. The molecule has 3 aromatic carbocycles. The van der Waals surface area contributed by atoms with Gasteiger partial charge in [0.25, 0.3) is 6.08 Å². The van der Waals surface area contributed by atoms with Gasteiger partial charge in [-0.2, -0.15) is 0 Å². The van der Waals surface area contributed by atoms with Crippen LogP contribution in [0.25, 0.3) is 0 Å². The molecule has 0 aromatic heterocycles. The molecule has 3 aromatic rings. The van der Waals surface area contributed by atoms with Crippen LogP contribution in [0.4, 0.5) is 0 Å². The first-order valence-corrected chi connectivity index (χ1v) is 8.77. The monoisotopic (exact) mass is 304 g/mol. The lowest BCUT2D eigenvalue weighted by Crippen LogP contribution is -2.29. The summed E-state index contributed by atoms with van der Waals surface area (Å²) in [6.45, 7) is 0. The number of hydrogen-bond donors (Lipinski definition) is 0. The minimum atomic E-state index is -2.35. The van der Waals surface area contributed by atoms with E-state index in [2.05, 4.69) is 4.76 Å². The van der Waals surface area contributed by atoms with Crippen molar-refractivity contribution in [2.75, 3.05) is 0 Å². The Labute approximate surface area is 130 Å². The van der Waals surface area contributed by atoms with Crippen LogP contribution in [-0.2, 0) is 4.79 Å². The highest BCUT2D eigenvalue weighted by molar-refractivity contribution is 7.94. The number of rotatable bonds is 4. The lowest BCUT2D eigenvalue weighted by molar-refractivity contribution is 0.566. The second-order valence-electron chi connectivity index (χ2n) is 4.83. The van der Waals surface area contributed by atoms with E-state index in [9.17, 15) is 4.79 Å². The number of nitrogens with zero attached hydrogens (tertiary/aromatic N) is 1. The molecule has 3 heteroatoms. The molecule has 0 fully saturated rings. The Balaban J connectivity index is 2.37. The Morgan fingerprint density at radius 1 is 0.591 bits per heavy atom. The average Bonchev–Trinajstić information content (AvgIpc) is 2.62. The van der Waals surface area contributed by atoms with Gasteiger partial charge in [-0.1, -0.05) is 54.6 Å². The highest BCUT2D eigenvalue weighted by atomic mass is 31.2. The van der Waals surface area contributed by atoms with E-state index in [1.165, 1.54) is 0 Å². The van der Waals surface area contributed by atoms with Crippen molar-refractivity contribution in [1.29, 1.82) is 0 Å². The molecule has 0 amide bonds. The Morgan fingerprint density at radius 2 is 0.909 bits per heavy atom. The molecule has 0 spiro atoms. The first-order chi connectivity index (χ1) is 10.9. The normalized spacial score (nSPS) is 10.7. The van der Waals surface area contributed by atoms with Crippen LogP contribution >= 0.6 is 7.41 Å². The summed E-state index contributed by atoms with van der Waals surface area (Å²) in [5.41, 5.74) is 0. The smallest absolute Gasteiger partial charge is 0.208 e. The zero-order chi connectivity index (χ0) is 15.3. The van der Waals surface area contributed by atoms with E-state index in [0.29, 0.717) is 0 Å². The molecule has 0 radical (unpaired) electrons. The number of benzene rings is 3. The Bertz CT molecular complexity index is 685. The van der Waals surface area contributed by atoms with Crippen molar-refractivity contribution in [3.63, 3.8) is 0 Å². The molecule has 22 heavy (non-hydrogen) atoms. The fraction of sp³-hybridized carbons (Fsp3) is 0. The summed E-state index contributed by atoms with van der Waals surface area (Å²) in [4.78, 5) is 11.3. The molecule has 0 aliphatic carbocycles. The third-order valence-corrected chi connectivity index (χ3v) is 7.10. The molecule has 2 nitrogen and oxygen atoms in total. The van der Waals surface area contributed by atoms with Gasteiger partial charge >= 0.3 is 0 Å². The average molecular weight is 304 g/mol. The van der Waals surface area contributed by atoms with Crippen molar-refractivity contribution in [2.24, 2.45) is 4.76 Å². The first-order valence-electron chi connectivity index (χ1n) is 7.03. The van der Waals surface area contributed by atoms with Crippen LogP contribution in [0.15, 0.2) is 95.8 Å². The molecule has 0 unspecified atom stereocenters. The largest absolute Gasteiger partial charge is 0.276 e. The SMILES string of the molecule is O=C=N[P+](c1ccccc1)(c1ccccc1)c1ccccc1. The minimum Gasteiger partial charge on any atom is -0.208 e.